The van der Waals surface area contributed by atoms with Gasteiger partial charge in [-0.25, -0.2) is 0 Å². The van der Waals surface area contributed by atoms with Crippen molar-refractivity contribution in [3.8, 4) is 0 Å². The number of aromatic nitrogens is 1. The number of pyridine rings is 1. The lowest BCUT2D eigenvalue weighted by atomic mass is 9.93. The second-order valence-corrected chi connectivity index (χ2v) is 4.88. The lowest BCUT2D eigenvalue weighted by Crippen LogP contribution is -2.29. The van der Waals surface area contributed by atoms with Crippen LogP contribution in [0, 0.1) is 5.92 Å². The maximum absolute atomic E-state index is 4.11. The normalized spacial score (nSPS) is 28.0. The smallest absolute Gasteiger partial charge is 0.0270 e. The highest BCUT2D eigenvalue weighted by atomic mass is 14.9. The lowest BCUT2D eigenvalue weighted by Gasteiger charge is -2.18. The van der Waals surface area contributed by atoms with E-state index >= 15 is 0 Å². The van der Waals surface area contributed by atoms with Crippen LogP contribution in [0.4, 0.5) is 0 Å². The molecule has 1 aliphatic carbocycles. The Hall–Kier alpha value is -0.890. The molecule has 1 N–H and O–H groups in total. The Labute approximate surface area is 98.5 Å². The van der Waals surface area contributed by atoms with E-state index in [1.807, 2.05) is 12.4 Å². The summed E-state index contributed by atoms with van der Waals surface area (Å²) in [4.78, 5) is 4.11. The molecule has 0 saturated heterocycles. The van der Waals surface area contributed by atoms with Gasteiger partial charge in [0.15, 0.2) is 0 Å². The number of rotatable bonds is 6. The summed E-state index contributed by atoms with van der Waals surface area (Å²) in [5, 5.41) is 3.58. The van der Waals surface area contributed by atoms with Crippen LogP contribution < -0.4 is 5.32 Å². The fraction of sp³-hybridized carbons (Fsp3) is 0.643. The van der Waals surface area contributed by atoms with Crippen LogP contribution in [-0.2, 0) is 5.41 Å². The van der Waals surface area contributed by atoms with E-state index in [4.69, 9.17) is 0 Å². The van der Waals surface area contributed by atoms with Crippen molar-refractivity contribution >= 4 is 0 Å². The predicted octanol–water partition coefficient (Wildman–Crippen LogP) is 2.75. The second kappa shape index (κ2) is 4.96. The Bertz CT molecular complexity index is 323. The molecule has 1 aliphatic rings. The zero-order chi connectivity index (χ0) is 11.4. The molecule has 2 nitrogen and oxygen atoms in total. The van der Waals surface area contributed by atoms with Crippen molar-refractivity contribution in [2.24, 2.45) is 5.92 Å². The van der Waals surface area contributed by atoms with E-state index in [9.17, 15) is 0 Å². The van der Waals surface area contributed by atoms with Crippen LogP contribution in [0.1, 0.15) is 38.7 Å². The van der Waals surface area contributed by atoms with Gasteiger partial charge in [0.2, 0.25) is 0 Å². The molecule has 16 heavy (non-hydrogen) atoms. The monoisotopic (exact) mass is 218 g/mol. The van der Waals surface area contributed by atoms with Crippen LogP contribution in [0.25, 0.3) is 0 Å². The highest BCUT2D eigenvalue weighted by Gasteiger charge is 2.53. The quantitative estimate of drug-likeness (QED) is 0.743. The predicted molar refractivity (Wildman–Crippen MR) is 67.5 cm³/mol. The zero-order valence-corrected chi connectivity index (χ0v) is 10.4. The molecule has 0 aliphatic heterocycles. The fourth-order valence-corrected chi connectivity index (χ4v) is 2.76. The molecule has 0 bridgehead atoms. The van der Waals surface area contributed by atoms with Crippen molar-refractivity contribution in [2.45, 2.75) is 38.5 Å². The van der Waals surface area contributed by atoms with Gasteiger partial charge in [0.25, 0.3) is 0 Å². The molecular formula is C14H22N2. The van der Waals surface area contributed by atoms with E-state index in [0.717, 1.165) is 19.0 Å². The Morgan fingerprint density at radius 3 is 2.69 bits per heavy atom. The van der Waals surface area contributed by atoms with Gasteiger partial charge in [0.1, 0.15) is 0 Å². The minimum Gasteiger partial charge on any atom is -0.316 e. The summed E-state index contributed by atoms with van der Waals surface area (Å²) in [6.07, 6.45) is 7.67. The van der Waals surface area contributed by atoms with E-state index in [1.165, 1.54) is 24.8 Å². The van der Waals surface area contributed by atoms with Crippen LogP contribution in [0.3, 0.4) is 0 Å². The van der Waals surface area contributed by atoms with Crippen LogP contribution in [0.5, 0.6) is 0 Å². The maximum Gasteiger partial charge on any atom is 0.0270 e. The topological polar surface area (TPSA) is 24.9 Å². The standard InChI is InChI=1S/C14H22N2/c1-3-7-16-11-14(10-12(14)4-2)13-5-8-15-9-6-13/h5-6,8-9,12,16H,3-4,7,10-11H2,1-2H3. The van der Waals surface area contributed by atoms with Crippen molar-refractivity contribution in [2.75, 3.05) is 13.1 Å². The van der Waals surface area contributed by atoms with Gasteiger partial charge in [-0.1, -0.05) is 20.3 Å². The van der Waals surface area contributed by atoms with Crippen LogP contribution in [0.2, 0.25) is 0 Å². The van der Waals surface area contributed by atoms with E-state index in [2.05, 4.69) is 36.3 Å². The third-order valence-corrected chi connectivity index (χ3v) is 3.85. The molecule has 2 unspecified atom stereocenters. The summed E-state index contributed by atoms with van der Waals surface area (Å²) in [6, 6.07) is 4.37. The Kier molecular flexibility index (Phi) is 3.59. The Morgan fingerprint density at radius 2 is 2.12 bits per heavy atom. The molecule has 1 fully saturated rings. The van der Waals surface area contributed by atoms with Gasteiger partial charge in [-0.05, 0) is 43.0 Å². The molecule has 2 atom stereocenters. The molecule has 1 saturated carbocycles. The minimum absolute atomic E-state index is 0.410. The minimum atomic E-state index is 0.410. The Morgan fingerprint density at radius 1 is 1.38 bits per heavy atom. The first-order valence-corrected chi connectivity index (χ1v) is 6.44. The molecule has 1 heterocycles. The summed E-state index contributed by atoms with van der Waals surface area (Å²) in [5.41, 5.74) is 1.88. The van der Waals surface area contributed by atoms with Gasteiger partial charge in [-0.15, -0.1) is 0 Å². The van der Waals surface area contributed by atoms with Gasteiger partial charge in [0, 0.05) is 24.4 Å². The van der Waals surface area contributed by atoms with E-state index < -0.39 is 0 Å². The first kappa shape index (κ1) is 11.6. The van der Waals surface area contributed by atoms with E-state index in [0.29, 0.717) is 5.41 Å². The van der Waals surface area contributed by atoms with Crippen molar-refractivity contribution in [1.29, 1.82) is 0 Å². The molecule has 0 aromatic carbocycles. The summed E-state index contributed by atoms with van der Waals surface area (Å²) in [7, 11) is 0. The van der Waals surface area contributed by atoms with Crippen LogP contribution >= 0.6 is 0 Å². The SMILES string of the molecule is CCCNCC1(c2ccncc2)CC1CC. The first-order valence-electron chi connectivity index (χ1n) is 6.44. The third kappa shape index (κ3) is 2.12. The fourth-order valence-electron chi connectivity index (χ4n) is 2.76. The molecule has 2 rings (SSSR count). The number of nitrogens with zero attached hydrogens (tertiary/aromatic N) is 1. The maximum atomic E-state index is 4.11. The average molecular weight is 218 g/mol. The van der Waals surface area contributed by atoms with Gasteiger partial charge in [-0.3, -0.25) is 4.98 Å². The average Bonchev–Trinajstić information content (AvgIpc) is 3.06. The van der Waals surface area contributed by atoms with Gasteiger partial charge in [-0.2, -0.15) is 0 Å². The van der Waals surface area contributed by atoms with E-state index in [-0.39, 0.29) is 0 Å². The van der Waals surface area contributed by atoms with Crippen LogP contribution in [-0.4, -0.2) is 18.1 Å². The molecule has 2 heteroatoms. The molecule has 0 spiro atoms. The summed E-state index contributed by atoms with van der Waals surface area (Å²) in [5.74, 6) is 0.860. The number of hydrogen-bond donors (Lipinski definition) is 1. The molecule has 1 aromatic heterocycles. The zero-order valence-electron chi connectivity index (χ0n) is 10.4. The van der Waals surface area contributed by atoms with Crippen molar-refractivity contribution < 1.29 is 0 Å². The number of hydrogen-bond acceptors (Lipinski definition) is 2. The highest BCUT2D eigenvalue weighted by molar-refractivity contribution is 5.32. The van der Waals surface area contributed by atoms with Gasteiger partial charge in [0.05, 0.1) is 0 Å². The van der Waals surface area contributed by atoms with E-state index in [1.54, 1.807) is 0 Å². The summed E-state index contributed by atoms with van der Waals surface area (Å²) in [6.45, 7) is 6.77. The van der Waals surface area contributed by atoms with Crippen molar-refractivity contribution in [1.82, 2.24) is 10.3 Å². The highest BCUT2D eigenvalue weighted by Crippen LogP contribution is 2.55. The third-order valence-electron chi connectivity index (χ3n) is 3.85. The molecular weight excluding hydrogens is 196 g/mol. The van der Waals surface area contributed by atoms with Crippen molar-refractivity contribution in [3.63, 3.8) is 0 Å². The summed E-state index contributed by atoms with van der Waals surface area (Å²) >= 11 is 0. The molecule has 0 radical (unpaired) electrons. The van der Waals surface area contributed by atoms with Gasteiger partial charge < -0.3 is 5.32 Å². The van der Waals surface area contributed by atoms with Crippen LogP contribution in [0.15, 0.2) is 24.5 Å². The molecule has 0 amide bonds. The lowest BCUT2D eigenvalue weighted by molar-refractivity contribution is 0.522. The second-order valence-electron chi connectivity index (χ2n) is 4.88. The first-order chi connectivity index (χ1) is 7.83. The Balaban J connectivity index is 2.06. The summed E-state index contributed by atoms with van der Waals surface area (Å²) < 4.78 is 0. The molecule has 88 valence electrons. The van der Waals surface area contributed by atoms with Gasteiger partial charge >= 0.3 is 0 Å². The van der Waals surface area contributed by atoms with Crippen molar-refractivity contribution in [3.05, 3.63) is 30.1 Å². The molecule has 1 aromatic rings. The largest absolute Gasteiger partial charge is 0.316 e. The number of nitrogens with one attached hydrogen (secondary N) is 1.